The van der Waals surface area contributed by atoms with E-state index in [4.69, 9.17) is 4.74 Å². The van der Waals surface area contributed by atoms with E-state index in [1.165, 1.54) is 4.90 Å². The molecule has 0 aliphatic carbocycles. The van der Waals surface area contributed by atoms with Crippen LogP contribution in [0.3, 0.4) is 0 Å². The van der Waals surface area contributed by atoms with Gasteiger partial charge in [0.15, 0.2) is 0 Å². The second-order valence-corrected chi connectivity index (χ2v) is 12.5. The number of hydrogen-bond donors (Lipinski definition) is 3. The van der Waals surface area contributed by atoms with E-state index in [1.54, 1.807) is 0 Å². The van der Waals surface area contributed by atoms with Crippen LogP contribution in [0.2, 0.25) is 0 Å². The van der Waals surface area contributed by atoms with Crippen LogP contribution >= 0.6 is 0 Å². The fraction of sp³-hybridized carbons (Fsp3) is 0.559. The lowest BCUT2D eigenvalue weighted by Gasteiger charge is -2.38. The molecule has 0 radical (unpaired) electrons. The number of ether oxygens (including phenoxy) is 1. The van der Waals surface area contributed by atoms with Gasteiger partial charge in [0.2, 0.25) is 17.7 Å². The van der Waals surface area contributed by atoms with Gasteiger partial charge >= 0.3 is 0 Å². The molecule has 0 aromatic heterocycles. The first-order valence-corrected chi connectivity index (χ1v) is 15.8. The normalized spacial score (nSPS) is 28.2. The van der Waals surface area contributed by atoms with Crippen LogP contribution in [0.4, 0.5) is 11.4 Å². The molecule has 3 aliphatic rings. The molecule has 43 heavy (non-hydrogen) atoms. The highest BCUT2D eigenvalue weighted by molar-refractivity contribution is 6.04. The summed E-state index contributed by atoms with van der Waals surface area (Å²) >= 11 is 0. The Bertz CT molecular complexity index is 1310. The number of carbonyl (C=O) groups excluding carboxylic acids is 3. The van der Waals surface area contributed by atoms with Crippen LogP contribution in [-0.2, 0) is 25.7 Å². The Balaban J connectivity index is 1.49. The molecule has 3 fully saturated rings. The molecule has 5 rings (SSSR count). The standard InChI is InChI=1S/C34H46N4O5/c1-6-33-18-19-34(43-33)28(27(33)30(40)35-20-23-12-10-9-11-13-23)32(42)38(26(21-39)22(4)5)29(34)31(41)36-24-14-16-25(17-15-24)37(7-2)8-3/h9-17,22,26-29,39H,6-8,18-21H2,1-5H3,(H,35,40)(H,36,41)/t26-,27+,28-,29?,33-,34?/m0/s1. The van der Waals surface area contributed by atoms with Crippen LogP contribution in [0.1, 0.15) is 59.4 Å². The maximum absolute atomic E-state index is 14.4. The summed E-state index contributed by atoms with van der Waals surface area (Å²) in [6.07, 6.45) is 1.63. The van der Waals surface area contributed by atoms with Crippen LogP contribution in [0.15, 0.2) is 54.6 Å². The molecule has 6 atom stereocenters. The number of aliphatic hydroxyl groups is 1. The number of benzene rings is 2. The van der Waals surface area contributed by atoms with Gasteiger partial charge in [-0.05, 0) is 68.9 Å². The summed E-state index contributed by atoms with van der Waals surface area (Å²) in [6, 6.07) is 15.8. The summed E-state index contributed by atoms with van der Waals surface area (Å²) in [5, 5.41) is 16.6. The molecule has 2 bridgehead atoms. The van der Waals surface area contributed by atoms with Crippen molar-refractivity contribution in [1.29, 1.82) is 0 Å². The summed E-state index contributed by atoms with van der Waals surface area (Å²) < 4.78 is 6.86. The molecule has 1 spiro atoms. The molecule has 3 N–H and O–H groups in total. The Morgan fingerprint density at radius 2 is 1.70 bits per heavy atom. The first-order valence-electron chi connectivity index (χ1n) is 15.8. The molecule has 0 saturated carbocycles. The topological polar surface area (TPSA) is 111 Å². The van der Waals surface area contributed by atoms with Gasteiger partial charge in [-0.3, -0.25) is 14.4 Å². The lowest BCUT2D eigenvalue weighted by molar-refractivity contribution is -0.150. The van der Waals surface area contributed by atoms with Gasteiger partial charge in [-0.2, -0.15) is 0 Å². The third kappa shape index (κ3) is 5.20. The molecule has 2 aromatic carbocycles. The highest BCUT2D eigenvalue weighted by Crippen LogP contribution is 2.64. The fourth-order valence-electron chi connectivity index (χ4n) is 7.78. The zero-order chi connectivity index (χ0) is 30.9. The van der Waals surface area contributed by atoms with Gasteiger partial charge in [0.05, 0.1) is 30.1 Å². The third-order valence-corrected chi connectivity index (χ3v) is 10.0. The number of nitrogens with one attached hydrogen (secondary N) is 2. The largest absolute Gasteiger partial charge is 0.394 e. The smallest absolute Gasteiger partial charge is 0.250 e. The average Bonchev–Trinajstić information content (AvgIpc) is 3.62. The van der Waals surface area contributed by atoms with Crippen LogP contribution in [0, 0.1) is 17.8 Å². The van der Waals surface area contributed by atoms with Crippen molar-refractivity contribution >= 4 is 29.1 Å². The Kier molecular flexibility index (Phi) is 8.86. The number of rotatable bonds is 12. The number of anilines is 2. The second-order valence-electron chi connectivity index (χ2n) is 12.5. The fourth-order valence-corrected chi connectivity index (χ4v) is 7.78. The Morgan fingerprint density at radius 1 is 1.02 bits per heavy atom. The first-order chi connectivity index (χ1) is 20.7. The predicted octanol–water partition coefficient (Wildman–Crippen LogP) is 3.96. The molecule has 3 heterocycles. The summed E-state index contributed by atoms with van der Waals surface area (Å²) in [5.41, 5.74) is 0.655. The molecule has 2 aromatic rings. The monoisotopic (exact) mass is 590 g/mol. The SMILES string of the molecule is CCN(CC)c1ccc(NC(=O)C2N([C@@H](CO)C(C)C)C(=O)[C@@H]3[C@H](C(=O)NCc4ccccc4)[C@]4(CC)CCC23O4)cc1. The number of aliphatic hydroxyl groups excluding tert-OH is 1. The van der Waals surface area contributed by atoms with Crippen LogP contribution < -0.4 is 15.5 Å². The average molecular weight is 591 g/mol. The van der Waals surface area contributed by atoms with Crippen molar-refractivity contribution in [2.45, 2.75) is 83.7 Å². The number of likely N-dealkylation sites (tertiary alicyclic amines) is 1. The van der Waals surface area contributed by atoms with E-state index in [9.17, 15) is 19.5 Å². The highest BCUT2D eigenvalue weighted by Gasteiger charge is 2.79. The molecule has 2 unspecified atom stereocenters. The Labute approximate surface area is 255 Å². The molecule has 3 amide bonds. The lowest BCUT2D eigenvalue weighted by Crippen LogP contribution is -2.57. The van der Waals surface area contributed by atoms with E-state index in [1.807, 2.05) is 75.4 Å². The van der Waals surface area contributed by atoms with Gasteiger partial charge in [0.1, 0.15) is 11.6 Å². The number of hydrogen-bond acceptors (Lipinski definition) is 6. The Hall–Kier alpha value is -3.43. The number of carbonyl (C=O) groups is 3. The van der Waals surface area contributed by atoms with E-state index in [0.29, 0.717) is 31.5 Å². The highest BCUT2D eigenvalue weighted by atomic mass is 16.5. The van der Waals surface area contributed by atoms with Crippen LogP contribution in [0.25, 0.3) is 0 Å². The summed E-state index contributed by atoms with van der Waals surface area (Å²) in [4.78, 5) is 46.4. The predicted molar refractivity (Wildman–Crippen MR) is 166 cm³/mol. The minimum atomic E-state index is -1.16. The van der Waals surface area contributed by atoms with Gasteiger partial charge in [-0.25, -0.2) is 0 Å². The van der Waals surface area contributed by atoms with Crippen molar-refractivity contribution in [3.8, 4) is 0 Å². The molecule has 9 heteroatoms. The Morgan fingerprint density at radius 3 is 2.28 bits per heavy atom. The molecular weight excluding hydrogens is 544 g/mol. The molecule has 232 valence electrons. The van der Waals surface area contributed by atoms with Crippen LogP contribution in [0.5, 0.6) is 0 Å². The number of amides is 3. The quantitative estimate of drug-likeness (QED) is 0.345. The van der Waals surface area contributed by atoms with Crippen molar-refractivity contribution in [3.05, 3.63) is 60.2 Å². The molecule has 3 saturated heterocycles. The molecular formula is C34H46N4O5. The van der Waals surface area contributed by atoms with E-state index >= 15 is 0 Å². The van der Waals surface area contributed by atoms with Crippen molar-refractivity contribution in [3.63, 3.8) is 0 Å². The van der Waals surface area contributed by atoms with Crippen molar-refractivity contribution in [2.75, 3.05) is 29.9 Å². The first kappa shape index (κ1) is 31.0. The summed E-state index contributed by atoms with van der Waals surface area (Å²) in [5.74, 6) is -2.55. The van der Waals surface area contributed by atoms with Crippen molar-refractivity contribution in [1.82, 2.24) is 10.2 Å². The van der Waals surface area contributed by atoms with Gasteiger partial charge in [0.25, 0.3) is 0 Å². The summed E-state index contributed by atoms with van der Waals surface area (Å²) in [6.45, 7) is 11.8. The van der Waals surface area contributed by atoms with Gasteiger partial charge in [0, 0.05) is 31.0 Å². The zero-order valence-corrected chi connectivity index (χ0v) is 26.0. The van der Waals surface area contributed by atoms with E-state index in [2.05, 4.69) is 29.4 Å². The maximum Gasteiger partial charge on any atom is 0.250 e. The van der Waals surface area contributed by atoms with Gasteiger partial charge < -0.3 is 30.3 Å². The van der Waals surface area contributed by atoms with Crippen molar-refractivity contribution < 1.29 is 24.2 Å². The van der Waals surface area contributed by atoms with E-state index in [0.717, 1.165) is 24.3 Å². The molecule has 3 aliphatic heterocycles. The number of fused-ring (bicyclic) bond motifs is 1. The molecule has 9 nitrogen and oxygen atoms in total. The maximum atomic E-state index is 14.4. The van der Waals surface area contributed by atoms with Gasteiger partial charge in [-0.15, -0.1) is 0 Å². The minimum absolute atomic E-state index is 0.115. The van der Waals surface area contributed by atoms with E-state index in [-0.39, 0.29) is 30.2 Å². The van der Waals surface area contributed by atoms with Crippen LogP contribution in [-0.4, -0.2) is 70.7 Å². The van der Waals surface area contributed by atoms with E-state index < -0.39 is 35.1 Å². The number of nitrogens with zero attached hydrogens (tertiary/aromatic N) is 2. The lowest BCUT2D eigenvalue weighted by atomic mass is 9.65. The minimum Gasteiger partial charge on any atom is -0.394 e. The third-order valence-electron chi connectivity index (χ3n) is 10.0. The zero-order valence-electron chi connectivity index (χ0n) is 26.0. The summed E-state index contributed by atoms with van der Waals surface area (Å²) in [7, 11) is 0. The second kappa shape index (κ2) is 12.3. The van der Waals surface area contributed by atoms with Crippen molar-refractivity contribution in [2.24, 2.45) is 17.8 Å². The van der Waals surface area contributed by atoms with Gasteiger partial charge in [-0.1, -0.05) is 51.1 Å².